The van der Waals surface area contributed by atoms with Crippen LogP contribution in [-0.4, -0.2) is 73.1 Å². The number of carboxylic acids is 2. The molecule has 0 aliphatic heterocycles. The number of aliphatic hydroxyl groups excluding tert-OH is 2. The number of aliphatic hydroxyl groups is 2. The van der Waals surface area contributed by atoms with Crippen LogP contribution in [0.15, 0.2) is 0 Å². The summed E-state index contributed by atoms with van der Waals surface area (Å²) in [5.74, 6) is -2.88. The summed E-state index contributed by atoms with van der Waals surface area (Å²) < 4.78 is 0. The maximum atomic E-state index is 9.01. The van der Waals surface area contributed by atoms with Crippen LogP contribution in [0.3, 0.4) is 0 Å². The van der Waals surface area contributed by atoms with Crippen molar-refractivity contribution < 1.29 is 30.0 Å². The minimum absolute atomic E-state index is 0. The zero-order valence-electron chi connectivity index (χ0n) is 5.65. The van der Waals surface area contributed by atoms with Crippen LogP contribution in [0, 0.1) is 0 Å². The van der Waals surface area contributed by atoms with E-state index < -0.39 is 25.2 Å². The zero-order chi connectivity index (χ0) is 8.57. The Morgan fingerprint density at radius 1 is 1.00 bits per heavy atom. The number of rotatable bonds is 2. The molecule has 2 N–H and O–H groups in total. The third-order valence-electron chi connectivity index (χ3n) is 0.258. The SMILES string of the molecule is O=C([O-])CO.O=C([O-])CO.[Ca+2]. The van der Waals surface area contributed by atoms with Gasteiger partial charge in [-0.3, -0.25) is 0 Å². The van der Waals surface area contributed by atoms with E-state index in [2.05, 4.69) is 0 Å². The van der Waals surface area contributed by atoms with E-state index in [0.29, 0.717) is 0 Å². The Hall–Kier alpha value is 0.120. The van der Waals surface area contributed by atoms with E-state index >= 15 is 0 Å². The molecule has 0 heterocycles. The van der Waals surface area contributed by atoms with Gasteiger partial charge in [0.25, 0.3) is 0 Å². The average molecular weight is 190 g/mol. The number of hydrogen-bond acceptors (Lipinski definition) is 6. The molecule has 0 unspecified atom stereocenters. The monoisotopic (exact) mass is 190 g/mol. The molecule has 0 saturated carbocycles. The van der Waals surface area contributed by atoms with Crippen LogP contribution in [0.1, 0.15) is 0 Å². The fourth-order valence-corrected chi connectivity index (χ4v) is 0. The van der Waals surface area contributed by atoms with Gasteiger partial charge in [-0.15, -0.1) is 0 Å². The van der Waals surface area contributed by atoms with Gasteiger partial charge in [0.1, 0.15) is 0 Å². The van der Waals surface area contributed by atoms with Crippen molar-refractivity contribution in [3.63, 3.8) is 0 Å². The molecule has 0 saturated heterocycles. The van der Waals surface area contributed by atoms with Gasteiger partial charge in [0.2, 0.25) is 0 Å². The van der Waals surface area contributed by atoms with Crippen LogP contribution in [0.2, 0.25) is 0 Å². The van der Waals surface area contributed by atoms with Crippen LogP contribution in [-0.2, 0) is 9.59 Å². The summed E-state index contributed by atoms with van der Waals surface area (Å²) in [6.07, 6.45) is 0. The Kier molecular flexibility index (Phi) is 20.0. The van der Waals surface area contributed by atoms with Crippen LogP contribution in [0.25, 0.3) is 0 Å². The van der Waals surface area contributed by atoms with Crippen LogP contribution >= 0.6 is 0 Å². The van der Waals surface area contributed by atoms with E-state index in [-0.39, 0.29) is 37.7 Å². The van der Waals surface area contributed by atoms with Crippen molar-refractivity contribution in [3.05, 3.63) is 0 Å². The molecule has 0 aromatic carbocycles. The average Bonchev–Trinajstić information content (AvgIpc) is 1.89. The van der Waals surface area contributed by atoms with Crippen LogP contribution in [0.4, 0.5) is 0 Å². The van der Waals surface area contributed by atoms with E-state index in [9.17, 15) is 0 Å². The quantitative estimate of drug-likeness (QED) is 0.421. The van der Waals surface area contributed by atoms with Gasteiger partial charge in [-0.25, -0.2) is 0 Å². The first-order valence-electron chi connectivity index (χ1n) is 2.16. The Morgan fingerprint density at radius 3 is 1.09 bits per heavy atom. The third-order valence-corrected chi connectivity index (χ3v) is 0.258. The van der Waals surface area contributed by atoms with Gasteiger partial charge in [-0.05, 0) is 0 Å². The Balaban J connectivity index is -0.000000107. The molecule has 0 aliphatic rings. The molecule has 0 aromatic rings. The normalized spacial score (nSPS) is 6.73. The number of carbonyl (C=O) groups excluding carboxylic acids is 2. The molecule has 0 aliphatic carbocycles. The van der Waals surface area contributed by atoms with Gasteiger partial charge in [0, 0.05) is 0 Å². The van der Waals surface area contributed by atoms with E-state index in [1.807, 2.05) is 0 Å². The van der Waals surface area contributed by atoms with Crippen LogP contribution < -0.4 is 10.2 Å². The fourth-order valence-electron chi connectivity index (χ4n) is 0. The molecule has 0 radical (unpaired) electrons. The fraction of sp³-hybridized carbons (Fsp3) is 0.500. The van der Waals surface area contributed by atoms with Gasteiger partial charge in [-0.2, -0.15) is 0 Å². The zero-order valence-corrected chi connectivity index (χ0v) is 7.86. The number of hydrogen-bond donors (Lipinski definition) is 2. The second-order valence-corrected chi connectivity index (χ2v) is 1.06. The smallest absolute Gasteiger partial charge is 0.548 e. The summed E-state index contributed by atoms with van der Waals surface area (Å²) in [6.45, 7) is -1.78. The first kappa shape index (κ1) is 17.3. The van der Waals surface area contributed by atoms with Crippen molar-refractivity contribution >= 4 is 49.7 Å². The van der Waals surface area contributed by atoms with E-state index in [0.717, 1.165) is 0 Å². The molecule has 11 heavy (non-hydrogen) atoms. The van der Waals surface area contributed by atoms with Gasteiger partial charge in [-0.1, -0.05) is 0 Å². The molecule has 0 fully saturated rings. The summed E-state index contributed by atoms with van der Waals surface area (Å²) in [7, 11) is 0. The van der Waals surface area contributed by atoms with Crippen molar-refractivity contribution in [2.24, 2.45) is 0 Å². The van der Waals surface area contributed by atoms with Crippen molar-refractivity contribution in [2.75, 3.05) is 13.2 Å². The van der Waals surface area contributed by atoms with Crippen molar-refractivity contribution in [1.82, 2.24) is 0 Å². The van der Waals surface area contributed by atoms with Gasteiger partial charge >= 0.3 is 37.7 Å². The predicted molar refractivity (Wildman–Crippen MR) is 29.9 cm³/mol. The molecule has 60 valence electrons. The van der Waals surface area contributed by atoms with Crippen molar-refractivity contribution in [2.45, 2.75) is 0 Å². The Morgan fingerprint density at radius 2 is 1.09 bits per heavy atom. The number of carboxylic acid groups (broad SMARTS) is 2. The molecule has 6 nitrogen and oxygen atoms in total. The molecule has 0 aromatic heterocycles. The standard InChI is InChI=1S/2C2H4O3.Ca/c2*3-1-2(4)5;/h2*3H,1H2,(H,4,5);/q;;+2/p-2. The summed E-state index contributed by atoms with van der Waals surface area (Å²) in [4.78, 5) is 18.0. The second-order valence-electron chi connectivity index (χ2n) is 1.06. The first-order valence-corrected chi connectivity index (χ1v) is 2.16. The van der Waals surface area contributed by atoms with E-state index in [1.165, 1.54) is 0 Å². The summed E-state index contributed by atoms with van der Waals surface area (Å²) in [6, 6.07) is 0. The number of carbonyl (C=O) groups is 2. The van der Waals surface area contributed by atoms with E-state index in [1.54, 1.807) is 0 Å². The molecular formula is C4H6CaO6. The maximum Gasteiger partial charge on any atom is 2.00 e. The number of aliphatic carboxylic acids is 2. The van der Waals surface area contributed by atoms with Crippen LogP contribution in [0.5, 0.6) is 0 Å². The second kappa shape index (κ2) is 12.8. The topological polar surface area (TPSA) is 121 Å². The largest absolute Gasteiger partial charge is 2.00 e. The van der Waals surface area contributed by atoms with Gasteiger partial charge in [0.15, 0.2) is 0 Å². The molecule has 0 rings (SSSR count). The predicted octanol–water partition coefficient (Wildman–Crippen LogP) is -4.92. The minimum Gasteiger partial charge on any atom is -0.548 e. The van der Waals surface area contributed by atoms with Crippen molar-refractivity contribution in [3.8, 4) is 0 Å². The molecule has 0 spiro atoms. The molecule has 7 heteroatoms. The van der Waals surface area contributed by atoms with Gasteiger partial charge < -0.3 is 30.0 Å². The summed E-state index contributed by atoms with van der Waals surface area (Å²) in [5.41, 5.74) is 0. The first-order chi connectivity index (χ1) is 4.54. The van der Waals surface area contributed by atoms with Gasteiger partial charge in [0.05, 0.1) is 25.2 Å². The minimum atomic E-state index is -1.44. The molecule has 0 atom stereocenters. The summed E-state index contributed by atoms with van der Waals surface area (Å²) >= 11 is 0. The Bertz CT molecular complexity index is 99.1. The molecule has 0 amide bonds. The van der Waals surface area contributed by atoms with E-state index in [4.69, 9.17) is 30.0 Å². The summed E-state index contributed by atoms with van der Waals surface area (Å²) in [5, 5.41) is 33.0. The molecular weight excluding hydrogens is 184 g/mol. The Labute approximate surface area is 92.5 Å². The molecule has 0 bridgehead atoms. The van der Waals surface area contributed by atoms with Crippen molar-refractivity contribution in [1.29, 1.82) is 0 Å². The third kappa shape index (κ3) is 39.3. The maximum absolute atomic E-state index is 9.01.